The van der Waals surface area contributed by atoms with Gasteiger partial charge in [0, 0.05) is 0 Å². The molecule has 0 rings (SSSR count). The standard InChI is InChI=1S/C4H7F3N2O/c1-2(5)4(6,7)9-3(8)10/h2H,1H3,(H3,8,9,10). The van der Waals surface area contributed by atoms with E-state index in [1.54, 1.807) is 0 Å². The molecular weight excluding hydrogens is 149 g/mol. The maximum absolute atomic E-state index is 12.0. The first-order valence-corrected chi connectivity index (χ1v) is 2.46. The van der Waals surface area contributed by atoms with Crippen molar-refractivity contribution < 1.29 is 18.0 Å². The van der Waals surface area contributed by atoms with Crippen LogP contribution in [0.5, 0.6) is 0 Å². The third-order valence-corrected chi connectivity index (χ3v) is 0.789. The van der Waals surface area contributed by atoms with Crippen LogP contribution in [0.2, 0.25) is 0 Å². The number of primary amides is 1. The Hall–Kier alpha value is -0.940. The lowest BCUT2D eigenvalue weighted by atomic mass is 10.4. The number of nitrogens with one attached hydrogen (secondary N) is 1. The molecule has 2 amide bonds. The second kappa shape index (κ2) is 2.76. The maximum Gasteiger partial charge on any atom is 0.357 e. The van der Waals surface area contributed by atoms with E-state index in [0.717, 1.165) is 5.32 Å². The molecule has 0 aliphatic heterocycles. The first-order chi connectivity index (χ1) is 4.36. The van der Waals surface area contributed by atoms with Crippen molar-refractivity contribution in [2.75, 3.05) is 0 Å². The van der Waals surface area contributed by atoms with Gasteiger partial charge in [0.2, 0.25) is 0 Å². The van der Waals surface area contributed by atoms with Crippen LogP contribution in [-0.4, -0.2) is 18.2 Å². The molecule has 6 heteroatoms. The van der Waals surface area contributed by atoms with Crippen LogP contribution in [0, 0.1) is 0 Å². The van der Waals surface area contributed by atoms with E-state index >= 15 is 0 Å². The van der Waals surface area contributed by atoms with Crippen LogP contribution in [0.25, 0.3) is 0 Å². The number of alkyl halides is 3. The van der Waals surface area contributed by atoms with E-state index in [1.807, 2.05) is 0 Å². The van der Waals surface area contributed by atoms with E-state index in [9.17, 15) is 18.0 Å². The minimum atomic E-state index is -3.87. The zero-order valence-electron chi connectivity index (χ0n) is 5.20. The molecule has 3 N–H and O–H groups in total. The van der Waals surface area contributed by atoms with Gasteiger partial charge in [-0.2, -0.15) is 8.78 Å². The average Bonchev–Trinajstić information content (AvgIpc) is 1.60. The summed E-state index contributed by atoms with van der Waals surface area (Å²) >= 11 is 0. The molecule has 0 radical (unpaired) electrons. The van der Waals surface area contributed by atoms with Crippen LogP contribution in [-0.2, 0) is 0 Å². The zero-order chi connectivity index (χ0) is 8.36. The molecule has 0 fully saturated rings. The zero-order valence-corrected chi connectivity index (χ0v) is 5.20. The molecular formula is C4H7F3N2O. The average molecular weight is 156 g/mol. The van der Waals surface area contributed by atoms with E-state index in [1.165, 1.54) is 0 Å². The number of carbonyl (C=O) groups excluding carboxylic acids is 1. The number of hydrogen-bond donors (Lipinski definition) is 2. The predicted molar refractivity (Wildman–Crippen MR) is 28.2 cm³/mol. The summed E-state index contributed by atoms with van der Waals surface area (Å²) < 4.78 is 35.8. The molecule has 0 aliphatic carbocycles. The molecule has 1 atom stereocenters. The molecule has 0 saturated carbocycles. The summed E-state index contributed by atoms with van der Waals surface area (Å²) in [5.41, 5.74) is 4.32. The predicted octanol–water partition coefficient (Wildman–Crippen LogP) is 0.606. The Balaban J connectivity index is 3.99. The van der Waals surface area contributed by atoms with Gasteiger partial charge in [-0.05, 0) is 6.92 Å². The Labute approximate surface area is 55.4 Å². The smallest absolute Gasteiger partial charge is 0.352 e. The molecule has 0 saturated heterocycles. The quantitative estimate of drug-likeness (QED) is 0.565. The number of rotatable bonds is 2. The van der Waals surface area contributed by atoms with Crippen molar-refractivity contribution in [1.29, 1.82) is 0 Å². The molecule has 0 aromatic carbocycles. The lowest BCUT2D eigenvalue weighted by Crippen LogP contribution is -2.49. The second-order valence-corrected chi connectivity index (χ2v) is 1.73. The molecule has 3 nitrogen and oxygen atoms in total. The molecule has 0 aliphatic rings. The molecule has 1 unspecified atom stereocenters. The van der Waals surface area contributed by atoms with Crippen LogP contribution in [0.3, 0.4) is 0 Å². The van der Waals surface area contributed by atoms with E-state index in [-0.39, 0.29) is 0 Å². The monoisotopic (exact) mass is 156 g/mol. The Bertz CT molecular complexity index is 136. The molecule has 60 valence electrons. The number of halogens is 3. The second-order valence-electron chi connectivity index (χ2n) is 1.73. The van der Waals surface area contributed by atoms with Crippen LogP contribution in [0.1, 0.15) is 6.92 Å². The highest BCUT2D eigenvalue weighted by atomic mass is 19.3. The number of amides is 2. The van der Waals surface area contributed by atoms with E-state index in [2.05, 4.69) is 5.73 Å². The molecule has 0 heterocycles. The molecule has 0 aromatic rings. The van der Waals surface area contributed by atoms with Gasteiger partial charge in [0.1, 0.15) is 0 Å². The molecule has 0 aromatic heterocycles. The van der Waals surface area contributed by atoms with Crippen molar-refractivity contribution >= 4 is 6.03 Å². The fraction of sp³-hybridized carbons (Fsp3) is 0.750. The fourth-order valence-corrected chi connectivity index (χ4v) is 0.264. The Morgan fingerprint density at radius 2 is 2.10 bits per heavy atom. The minimum Gasteiger partial charge on any atom is -0.352 e. The van der Waals surface area contributed by atoms with Gasteiger partial charge in [-0.1, -0.05) is 0 Å². The van der Waals surface area contributed by atoms with Gasteiger partial charge in [0.15, 0.2) is 6.17 Å². The molecule has 10 heavy (non-hydrogen) atoms. The SMILES string of the molecule is CC(F)C(F)(F)NC(N)=O. The summed E-state index contributed by atoms with van der Waals surface area (Å²) in [6, 6.07) is -5.32. The van der Waals surface area contributed by atoms with Gasteiger partial charge in [0.25, 0.3) is 0 Å². The van der Waals surface area contributed by atoms with Crippen molar-refractivity contribution in [3.05, 3.63) is 0 Å². The first-order valence-electron chi connectivity index (χ1n) is 2.46. The number of carbonyl (C=O) groups is 1. The van der Waals surface area contributed by atoms with Crippen molar-refractivity contribution in [2.24, 2.45) is 5.73 Å². The van der Waals surface area contributed by atoms with Gasteiger partial charge < -0.3 is 5.73 Å². The van der Waals surface area contributed by atoms with Crippen LogP contribution in [0.4, 0.5) is 18.0 Å². The maximum atomic E-state index is 12.0. The van der Waals surface area contributed by atoms with Gasteiger partial charge in [-0.3, -0.25) is 5.32 Å². The van der Waals surface area contributed by atoms with Crippen LogP contribution < -0.4 is 11.1 Å². The molecule has 0 bridgehead atoms. The summed E-state index contributed by atoms with van der Waals surface area (Å²) in [5, 5.41) is 0.949. The van der Waals surface area contributed by atoms with Gasteiger partial charge >= 0.3 is 12.1 Å². The topological polar surface area (TPSA) is 55.1 Å². The highest BCUT2D eigenvalue weighted by Gasteiger charge is 2.37. The van der Waals surface area contributed by atoms with Crippen molar-refractivity contribution in [2.45, 2.75) is 19.1 Å². The van der Waals surface area contributed by atoms with Crippen molar-refractivity contribution in [3.63, 3.8) is 0 Å². The summed E-state index contributed by atoms with van der Waals surface area (Å²) in [6.07, 6.45) is -2.44. The van der Waals surface area contributed by atoms with Crippen molar-refractivity contribution in [3.8, 4) is 0 Å². The number of urea groups is 1. The fourth-order valence-electron chi connectivity index (χ4n) is 0.264. The Morgan fingerprint density at radius 1 is 1.70 bits per heavy atom. The normalized spacial score (nSPS) is 14.4. The summed E-state index contributed by atoms with van der Waals surface area (Å²) in [4.78, 5) is 9.78. The molecule has 0 spiro atoms. The lowest BCUT2D eigenvalue weighted by molar-refractivity contribution is -0.0818. The largest absolute Gasteiger partial charge is 0.357 e. The van der Waals surface area contributed by atoms with Gasteiger partial charge in [-0.25, -0.2) is 9.18 Å². The number of nitrogens with two attached hydrogens (primary N) is 1. The first kappa shape index (κ1) is 9.06. The summed E-state index contributed by atoms with van der Waals surface area (Å²) in [6.45, 7) is 0.621. The summed E-state index contributed by atoms with van der Waals surface area (Å²) in [5.74, 6) is 0. The van der Waals surface area contributed by atoms with Crippen molar-refractivity contribution in [1.82, 2.24) is 5.32 Å². The van der Waals surface area contributed by atoms with E-state index in [0.29, 0.717) is 6.92 Å². The van der Waals surface area contributed by atoms with Gasteiger partial charge in [-0.15, -0.1) is 0 Å². The summed E-state index contributed by atoms with van der Waals surface area (Å²) in [7, 11) is 0. The van der Waals surface area contributed by atoms with Crippen LogP contribution in [0.15, 0.2) is 0 Å². The third kappa shape index (κ3) is 2.56. The number of hydrogen-bond acceptors (Lipinski definition) is 1. The highest BCUT2D eigenvalue weighted by molar-refractivity contribution is 5.72. The third-order valence-electron chi connectivity index (χ3n) is 0.789. The highest BCUT2D eigenvalue weighted by Crippen LogP contribution is 2.16. The lowest BCUT2D eigenvalue weighted by Gasteiger charge is -2.16. The van der Waals surface area contributed by atoms with Crippen LogP contribution >= 0.6 is 0 Å². The Morgan fingerprint density at radius 3 is 2.20 bits per heavy atom. The Kier molecular flexibility index (Phi) is 2.50. The van der Waals surface area contributed by atoms with E-state index in [4.69, 9.17) is 0 Å². The van der Waals surface area contributed by atoms with Gasteiger partial charge in [0.05, 0.1) is 0 Å². The van der Waals surface area contributed by atoms with E-state index < -0.39 is 18.2 Å². The minimum absolute atomic E-state index is 0.621.